The maximum absolute atomic E-state index is 14.7. The van der Waals surface area contributed by atoms with Crippen LogP contribution in [0.15, 0.2) is 5.16 Å². The molecule has 30 heavy (non-hydrogen) atoms. The molecule has 1 amide bonds. The minimum Gasteiger partial charge on any atom is -0.444 e. The number of halogens is 3. The molecule has 2 aliphatic heterocycles. The highest BCUT2D eigenvalue weighted by Gasteiger charge is 2.45. The fourth-order valence-corrected chi connectivity index (χ4v) is 4.91. The average Bonchev–Trinajstić information content (AvgIpc) is 2.94. The van der Waals surface area contributed by atoms with Crippen molar-refractivity contribution in [1.82, 2.24) is 19.9 Å². The van der Waals surface area contributed by atoms with Crippen LogP contribution in [-0.4, -0.2) is 63.0 Å². The Morgan fingerprint density at radius 2 is 1.77 bits per heavy atom. The number of rotatable bonds is 2. The Morgan fingerprint density at radius 1 is 1.13 bits per heavy atom. The molecule has 2 bridgehead atoms. The van der Waals surface area contributed by atoms with E-state index in [0.717, 1.165) is 12.8 Å². The lowest BCUT2D eigenvalue weighted by Crippen LogP contribution is -2.57. The Balaban J connectivity index is 1.72. The molecular formula is C19H22Cl2FN5O2S. The first-order valence-electron chi connectivity index (χ1n) is 9.61. The average molecular weight is 474 g/mol. The summed E-state index contributed by atoms with van der Waals surface area (Å²) in [4.78, 5) is 29.4. The molecule has 2 aromatic rings. The molecule has 0 N–H and O–H groups in total. The molecule has 0 saturated carbocycles. The Kier molecular flexibility index (Phi) is 5.65. The first-order valence-corrected chi connectivity index (χ1v) is 11.6. The van der Waals surface area contributed by atoms with Crippen molar-refractivity contribution in [2.24, 2.45) is 0 Å². The van der Waals surface area contributed by atoms with Gasteiger partial charge in [0.05, 0.1) is 17.5 Å². The number of piperazine rings is 1. The molecule has 4 heterocycles. The van der Waals surface area contributed by atoms with Crippen molar-refractivity contribution in [3.8, 4) is 0 Å². The molecule has 7 nitrogen and oxygen atoms in total. The third-order valence-electron chi connectivity index (χ3n) is 5.23. The Hall–Kier alpha value is -1.58. The smallest absolute Gasteiger partial charge is 0.410 e. The lowest BCUT2D eigenvalue weighted by molar-refractivity contribution is 0.0123. The van der Waals surface area contributed by atoms with Gasteiger partial charge in [-0.05, 0) is 39.9 Å². The molecule has 0 aromatic carbocycles. The highest BCUT2D eigenvalue weighted by Crippen LogP contribution is 2.39. The molecule has 0 unspecified atom stereocenters. The summed E-state index contributed by atoms with van der Waals surface area (Å²) in [5, 5.41) is 0.484. The number of amides is 1. The number of nitrogens with zero attached hydrogens (tertiary/aromatic N) is 5. The number of aromatic nitrogens is 3. The van der Waals surface area contributed by atoms with Crippen molar-refractivity contribution in [3.05, 3.63) is 16.1 Å². The fraction of sp³-hybridized carbons (Fsp3) is 0.579. The zero-order chi connectivity index (χ0) is 21.8. The second-order valence-corrected chi connectivity index (χ2v) is 9.93. The van der Waals surface area contributed by atoms with Crippen LogP contribution in [0, 0.1) is 5.82 Å². The van der Waals surface area contributed by atoms with Crippen LogP contribution in [0.5, 0.6) is 0 Å². The van der Waals surface area contributed by atoms with Crippen LogP contribution in [-0.2, 0) is 4.74 Å². The van der Waals surface area contributed by atoms with Gasteiger partial charge in [-0.2, -0.15) is 0 Å². The Labute approximate surface area is 188 Å². The van der Waals surface area contributed by atoms with Crippen LogP contribution < -0.4 is 4.90 Å². The van der Waals surface area contributed by atoms with E-state index in [4.69, 9.17) is 27.9 Å². The predicted molar refractivity (Wildman–Crippen MR) is 116 cm³/mol. The Bertz CT molecular complexity index is 1000. The number of fused-ring (bicyclic) bond motifs is 3. The van der Waals surface area contributed by atoms with E-state index in [9.17, 15) is 9.18 Å². The van der Waals surface area contributed by atoms with Gasteiger partial charge in [-0.15, -0.1) is 0 Å². The number of hydrogen-bond donors (Lipinski definition) is 0. The lowest BCUT2D eigenvalue weighted by Gasteiger charge is -2.42. The summed E-state index contributed by atoms with van der Waals surface area (Å²) < 4.78 is 20.3. The topological polar surface area (TPSA) is 71.5 Å². The molecule has 2 fully saturated rings. The van der Waals surface area contributed by atoms with Crippen LogP contribution in [0.1, 0.15) is 33.6 Å². The molecule has 0 spiro atoms. The van der Waals surface area contributed by atoms with Gasteiger partial charge in [0, 0.05) is 13.1 Å². The summed E-state index contributed by atoms with van der Waals surface area (Å²) in [6.07, 6.45) is 3.25. The predicted octanol–water partition coefficient (Wildman–Crippen LogP) is 4.78. The van der Waals surface area contributed by atoms with Crippen LogP contribution in [0.4, 0.5) is 15.0 Å². The maximum atomic E-state index is 14.7. The van der Waals surface area contributed by atoms with Gasteiger partial charge in [0.1, 0.15) is 22.1 Å². The van der Waals surface area contributed by atoms with E-state index in [1.807, 2.05) is 36.8 Å². The van der Waals surface area contributed by atoms with Crippen LogP contribution in [0.3, 0.4) is 0 Å². The number of carbonyl (C=O) groups is 1. The molecule has 0 aliphatic carbocycles. The monoisotopic (exact) mass is 473 g/mol. The third-order valence-corrected chi connectivity index (χ3v) is 6.30. The largest absolute Gasteiger partial charge is 0.444 e. The Morgan fingerprint density at radius 3 is 2.33 bits per heavy atom. The van der Waals surface area contributed by atoms with Gasteiger partial charge in [0.25, 0.3) is 0 Å². The van der Waals surface area contributed by atoms with Gasteiger partial charge in [-0.25, -0.2) is 24.1 Å². The second kappa shape index (κ2) is 7.84. The quantitative estimate of drug-likeness (QED) is 0.352. The maximum Gasteiger partial charge on any atom is 0.410 e. The van der Waals surface area contributed by atoms with Crippen LogP contribution in [0.25, 0.3) is 10.9 Å². The van der Waals surface area contributed by atoms with E-state index in [1.165, 1.54) is 11.8 Å². The van der Waals surface area contributed by atoms with E-state index in [2.05, 4.69) is 15.0 Å². The van der Waals surface area contributed by atoms with Gasteiger partial charge in [-0.1, -0.05) is 35.0 Å². The summed E-state index contributed by atoms with van der Waals surface area (Å²) in [6.45, 7) is 6.64. The lowest BCUT2D eigenvalue weighted by atomic mass is 10.1. The van der Waals surface area contributed by atoms with E-state index < -0.39 is 11.4 Å². The molecule has 4 rings (SSSR count). The fourth-order valence-electron chi connectivity index (χ4n) is 4.08. The number of hydrogen-bond acceptors (Lipinski definition) is 7. The van der Waals surface area contributed by atoms with Crippen molar-refractivity contribution < 1.29 is 13.9 Å². The normalized spacial score (nSPS) is 21.4. The standard InChI is InChI=1S/C19H22Cl2FN5O2S/c1-19(2,3)29-18(28)27-9-5-6-10(27)8-26(7-9)16-11-13(23-17(25-16)30-4)12(22)15(21)24-14(11)20/h9-10H,5-8H2,1-4H3/t9-,10+. The SMILES string of the molecule is CSc1nc(N2C[C@H]3CC[C@@H](C2)N3C(=O)OC(C)(C)C)c2c(Cl)nc(Cl)c(F)c2n1. The number of pyridine rings is 1. The molecule has 162 valence electrons. The van der Waals surface area contributed by atoms with Crippen molar-refractivity contribution in [3.63, 3.8) is 0 Å². The first kappa shape index (κ1) is 21.6. The molecular weight excluding hydrogens is 452 g/mol. The molecule has 2 atom stereocenters. The summed E-state index contributed by atoms with van der Waals surface area (Å²) in [5.41, 5.74) is -0.504. The molecule has 2 aromatic heterocycles. The highest BCUT2D eigenvalue weighted by molar-refractivity contribution is 7.98. The highest BCUT2D eigenvalue weighted by atomic mass is 35.5. The summed E-state index contributed by atoms with van der Waals surface area (Å²) in [5.74, 6) is -0.205. The zero-order valence-electron chi connectivity index (χ0n) is 17.1. The van der Waals surface area contributed by atoms with Crippen molar-refractivity contribution in [2.75, 3.05) is 24.2 Å². The second-order valence-electron chi connectivity index (χ2n) is 8.44. The van der Waals surface area contributed by atoms with Crippen LogP contribution >= 0.6 is 35.0 Å². The molecule has 2 saturated heterocycles. The molecule has 11 heteroatoms. The number of carbonyl (C=O) groups excluding carboxylic acids is 1. The first-order chi connectivity index (χ1) is 14.1. The van der Waals surface area contributed by atoms with Gasteiger partial charge in [0.2, 0.25) is 0 Å². The van der Waals surface area contributed by atoms with Gasteiger partial charge < -0.3 is 9.64 Å². The van der Waals surface area contributed by atoms with Crippen molar-refractivity contribution in [1.29, 1.82) is 0 Å². The number of ether oxygens (including phenoxy) is 1. The van der Waals surface area contributed by atoms with E-state index in [0.29, 0.717) is 29.5 Å². The van der Waals surface area contributed by atoms with E-state index >= 15 is 0 Å². The number of thioether (sulfide) groups is 1. The number of anilines is 1. The van der Waals surface area contributed by atoms with E-state index in [-0.39, 0.29) is 34.0 Å². The van der Waals surface area contributed by atoms with Gasteiger partial charge in [-0.3, -0.25) is 4.90 Å². The van der Waals surface area contributed by atoms with Gasteiger partial charge in [0.15, 0.2) is 16.1 Å². The third kappa shape index (κ3) is 3.87. The summed E-state index contributed by atoms with van der Waals surface area (Å²) in [7, 11) is 0. The van der Waals surface area contributed by atoms with Crippen LogP contribution in [0.2, 0.25) is 10.3 Å². The molecule has 0 radical (unpaired) electrons. The minimum atomic E-state index is -0.717. The summed E-state index contributed by atoms with van der Waals surface area (Å²) >= 11 is 13.5. The van der Waals surface area contributed by atoms with E-state index in [1.54, 1.807) is 0 Å². The minimum absolute atomic E-state index is 0.0229. The van der Waals surface area contributed by atoms with Gasteiger partial charge >= 0.3 is 6.09 Å². The molecule has 2 aliphatic rings. The van der Waals surface area contributed by atoms with Crippen molar-refractivity contribution >= 4 is 57.8 Å². The van der Waals surface area contributed by atoms with Crippen molar-refractivity contribution in [2.45, 2.75) is 56.5 Å². The zero-order valence-corrected chi connectivity index (χ0v) is 19.4. The summed E-state index contributed by atoms with van der Waals surface area (Å²) in [6, 6.07) is -0.0459.